The Morgan fingerprint density at radius 2 is 1.86 bits per heavy atom. The van der Waals surface area contributed by atoms with Crippen LogP contribution in [0.15, 0.2) is 18.2 Å². The number of rotatable bonds is 8. The molecule has 1 N–H and O–H groups in total. The minimum atomic E-state index is -0.383. The molecule has 2 aliphatic heterocycles. The van der Waals surface area contributed by atoms with Crippen LogP contribution in [0.2, 0.25) is 0 Å². The van der Waals surface area contributed by atoms with Gasteiger partial charge in [0, 0.05) is 51.9 Å². The average Bonchev–Trinajstić information content (AvgIpc) is 2.85. The van der Waals surface area contributed by atoms with E-state index in [9.17, 15) is 19.2 Å². The van der Waals surface area contributed by atoms with Gasteiger partial charge in [-0.1, -0.05) is 6.42 Å². The van der Waals surface area contributed by atoms with Crippen molar-refractivity contribution in [2.45, 2.75) is 32.1 Å². The standard InChI is InChI=1S/C21H27N3O5/c1-29-13-5-11-24-20(27)16-8-7-15(14-17(16)21(24)28)19(26)22-9-12-23-10-4-2-3-6-18(23)25/h7-8,14H,2-6,9-13H2,1H3,(H,22,26). The summed E-state index contributed by atoms with van der Waals surface area (Å²) in [6.45, 7) is 2.28. The lowest BCUT2D eigenvalue weighted by molar-refractivity contribution is -0.130. The molecule has 2 heterocycles. The third kappa shape index (κ3) is 4.82. The number of amides is 4. The minimum Gasteiger partial charge on any atom is -0.385 e. The monoisotopic (exact) mass is 401 g/mol. The Morgan fingerprint density at radius 1 is 1.07 bits per heavy atom. The molecule has 0 saturated carbocycles. The first-order valence-electron chi connectivity index (χ1n) is 10.1. The van der Waals surface area contributed by atoms with E-state index >= 15 is 0 Å². The van der Waals surface area contributed by atoms with Gasteiger partial charge in [0.05, 0.1) is 11.1 Å². The van der Waals surface area contributed by atoms with Crippen molar-refractivity contribution in [3.63, 3.8) is 0 Å². The zero-order valence-corrected chi connectivity index (χ0v) is 16.7. The van der Waals surface area contributed by atoms with Gasteiger partial charge in [0.1, 0.15) is 0 Å². The Kier molecular flexibility index (Phi) is 6.98. The molecule has 0 atom stereocenters. The van der Waals surface area contributed by atoms with E-state index in [2.05, 4.69) is 5.32 Å². The summed E-state index contributed by atoms with van der Waals surface area (Å²) >= 11 is 0. The fourth-order valence-electron chi connectivity index (χ4n) is 3.68. The van der Waals surface area contributed by atoms with Crippen molar-refractivity contribution in [3.05, 3.63) is 34.9 Å². The average molecular weight is 401 g/mol. The van der Waals surface area contributed by atoms with E-state index in [-0.39, 0.29) is 35.7 Å². The highest BCUT2D eigenvalue weighted by Gasteiger charge is 2.35. The molecule has 0 aliphatic carbocycles. The number of nitrogens with one attached hydrogen (secondary N) is 1. The molecule has 1 aromatic rings. The van der Waals surface area contributed by atoms with Gasteiger partial charge in [0.25, 0.3) is 17.7 Å². The molecule has 29 heavy (non-hydrogen) atoms. The highest BCUT2D eigenvalue weighted by molar-refractivity contribution is 6.22. The van der Waals surface area contributed by atoms with Crippen LogP contribution >= 0.6 is 0 Å². The van der Waals surface area contributed by atoms with E-state index in [0.717, 1.165) is 25.8 Å². The summed E-state index contributed by atoms with van der Waals surface area (Å²) in [5.41, 5.74) is 0.896. The fourth-order valence-corrected chi connectivity index (χ4v) is 3.68. The van der Waals surface area contributed by atoms with E-state index in [1.54, 1.807) is 18.1 Å². The Labute approximate surface area is 170 Å². The number of carbonyl (C=O) groups excluding carboxylic acids is 4. The molecule has 8 heteroatoms. The van der Waals surface area contributed by atoms with Crippen LogP contribution < -0.4 is 5.32 Å². The van der Waals surface area contributed by atoms with Crippen LogP contribution in [0.5, 0.6) is 0 Å². The highest BCUT2D eigenvalue weighted by Crippen LogP contribution is 2.24. The first-order chi connectivity index (χ1) is 14.0. The second-order valence-electron chi connectivity index (χ2n) is 7.32. The van der Waals surface area contributed by atoms with Crippen molar-refractivity contribution in [3.8, 4) is 0 Å². The van der Waals surface area contributed by atoms with Crippen LogP contribution in [-0.4, -0.2) is 73.3 Å². The third-order valence-electron chi connectivity index (χ3n) is 5.30. The van der Waals surface area contributed by atoms with Gasteiger partial charge in [0.15, 0.2) is 0 Å². The maximum absolute atomic E-state index is 12.6. The number of likely N-dealkylation sites (tertiary alicyclic amines) is 1. The number of benzene rings is 1. The van der Waals surface area contributed by atoms with Gasteiger partial charge in [-0.25, -0.2) is 0 Å². The van der Waals surface area contributed by atoms with Crippen molar-refractivity contribution >= 4 is 23.6 Å². The molecule has 2 aliphatic rings. The summed E-state index contributed by atoms with van der Waals surface area (Å²) in [4.78, 5) is 52.4. The van der Waals surface area contributed by atoms with Gasteiger partial charge in [-0.15, -0.1) is 0 Å². The maximum Gasteiger partial charge on any atom is 0.261 e. The van der Waals surface area contributed by atoms with Crippen LogP contribution in [0.1, 0.15) is 63.2 Å². The zero-order chi connectivity index (χ0) is 20.8. The topological polar surface area (TPSA) is 96.0 Å². The number of fused-ring (bicyclic) bond motifs is 1. The highest BCUT2D eigenvalue weighted by atomic mass is 16.5. The van der Waals surface area contributed by atoms with Gasteiger partial charge in [0.2, 0.25) is 5.91 Å². The summed E-state index contributed by atoms with van der Waals surface area (Å²) in [5, 5.41) is 2.80. The number of hydrogen-bond acceptors (Lipinski definition) is 5. The summed E-state index contributed by atoms with van der Waals surface area (Å²) in [5.74, 6) is -0.918. The van der Waals surface area contributed by atoms with Gasteiger partial charge in [-0.05, 0) is 37.5 Å². The van der Waals surface area contributed by atoms with E-state index in [1.807, 2.05) is 0 Å². The lowest BCUT2D eigenvalue weighted by Crippen LogP contribution is -2.38. The van der Waals surface area contributed by atoms with Crippen LogP contribution in [0.25, 0.3) is 0 Å². The second kappa shape index (κ2) is 9.65. The van der Waals surface area contributed by atoms with Gasteiger partial charge in [-0.3, -0.25) is 24.1 Å². The van der Waals surface area contributed by atoms with Gasteiger partial charge >= 0.3 is 0 Å². The Morgan fingerprint density at radius 3 is 2.66 bits per heavy atom. The van der Waals surface area contributed by atoms with E-state index in [4.69, 9.17) is 4.74 Å². The fraction of sp³-hybridized carbons (Fsp3) is 0.524. The summed E-state index contributed by atoms with van der Waals surface area (Å²) in [6, 6.07) is 4.55. The van der Waals surface area contributed by atoms with Crippen LogP contribution in [0, 0.1) is 0 Å². The zero-order valence-electron chi connectivity index (χ0n) is 16.7. The molecule has 0 aromatic heterocycles. The number of hydrogen-bond donors (Lipinski definition) is 1. The van der Waals surface area contributed by atoms with Crippen molar-refractivity contribution < 1.29 is 23.9 Å². The predicted molar refractivity (Wildman–Crippen MR) is 106 cm³/mol. The quantitative estimate of drug-likeness (QED) is 0.525. The van der Waals surface area contributed by atoms with Crippen LogP contribution in [0.3, 0.4) is 0 Å². The predicted octanol–water partition coefficient (Wildman–Crippen LogP) is 1.45. The number of methoxy groups -OCH3 is 1. The number of imide groups is 1. The lowest BCUT2D eigenvalue weighted by Gasteiger charge is -2.20. The van der Waals surface area contributed by atoms with E-state index in [1.165, 1.54) is 17.0 Å². The minimum absolute atomic E-state index is 0.131. The normalized spacial score (nSPS) is 16.8. The summed E-state index contributed by atoms with van der Waals surface area (Å²) < 4.78 is 4.97. The maximum atomic E-state index is 12.6. The molecule has 0 unspecified atom stereocenters. The molecule has 3 rings (SSSR count). The first-order valence-corrected chi connectivity index (χ1v) is 10.1. The molecule has 0 spiro atoms. The Hall–Kier alpha value is -2.74. The summed E-state index contributed by atoms with van der Waals surface area (Å²) in [6.07, 6.45) is 4.09. The van der Waals surface area contributed by atoms with Crippen molar-refractivity contribution in [1.82, 2.24) is 15.1 Å². The second-order valence-corrected chi connectivity index (χ2v) is 7.32. The largest absolute Gasteiger partial charge is 0.385 e. The SMILES string of the molecule is COCCCN1C(=O)c2ccc(C(=O)NCCN3CCCCCC3=O)cc2C1=O. The number of nitrogens with zero attached hydrogens (tertiary/aromatic N) is 2. The Bertz CT molecular complexity index is 808. The van der Waals surface area contributed by atoms with Crippen molar-refractivity contribution in [2.24, 2.45) is 0 Å². The molecule has 4 amide bonds. The van der Waals surface area contributed by atoms with E-state index < -0.39 is 0 Å². The molecule has 1 fully saturated rings. The molecule has 0 radical (unpaired) electrons. The lowest BCUT2D eigenvalue weighted by atomic mass is 10.1. The van der Waals surface area contributed by atoms with E-state index in [0.29, 0.717) is 43.7 Å². The smallest absolute Gasteiger partial charge is 0.261 e. The molecule has 1 saturated heterocycles. The van der Waals surface area contributed by atoms with Crippen LogP contribution in [0.4, 0.5) is 0 Å². The third-order valence-corrected chi connectivity index (χ3v) is 5.30. The first kappa shape index (κ1) is 21.0. The number of carbonyl (C=O) groups is 4. The van der Waals surface area contributed by atoms with Crippen LogP contribution in [-0.2, 0) is 9.53 Å². The van der Waals surface area contributed by atoms with Gasteiger partial charge in [-0.2, -0.15) is 0 Å². The van der Waals surface area contributed by atoms with Gasteiger partial charge < -0.3 is 15.0 Å². The van der Waals surface area contributed by atoms with Crippen molar-refractivity contribution in [2.75, 3.05) is 39.9 Å². The molecule has 1 aromatic carbocycles. The number of ether oxygens (including phenoxy) is 1. The molecular formula is C21H27N3O5. The summed E-state index contributed by atoms with van der Waals surface area (Å²) in [7, 11) is 1.57. The Balaban J connectivity index is 1.58. The molecule has 0 bridgehead atoms. The molecular weight excluding hydrogens is 374 g/mol. The van der Waals surface area contributed by atoms with Crippen molar-refractivity contribution in [1.29, 1.82) is 0 Å². The molecule has 8 nitrogen and oxygen atoms in total. The molecule has 156 valence electrons.